The van der Waals surface area contributed by atoms with E-state index in [0.29, 0.717) is 0 Å². The van der Waals surface area contributed by atoms with Gasteiger partial charge >= 0.3 is 0 Å². The number of hydrogen-bond donors (Lipinski definition) is 1. The molecule has 0 atom stereocenters. The van der Waals surface area contributed by atoms with E-state index < -0.39 is 0 Å². The van der Waals surface area contributed by atoms with Crippen molar-refractivity contribution in [1.82, 2.24) is 0 Å². The second-order valence-electron chi connectivity index (χ2n) is 2.48. The zero-order valence-corrected chi connectivity index (χ0v) is 6.75. The normalized spacial score (nSPS) is 11.5. The van der Waals surface area contributed by atoms with E-state index in [1.54, 1.807) is 0 Å². The molecule has 0 spiro atoms. The van der Waals surface area contributed by atoms with E-state index in [-0.39, 0.29) is 0 Å². The van der Waals surface area contributed by atoms with Crippen LogP contribution in [0.15, 0.2) is 36.0 Å². The highest BCUT2D eigenvalue weighted by Crippen LogP contribution is 2.04. The first-order chi connectivity index (χ1) is 5.33. The lowest BCUT2D eigenvalue weighted by Gasteiger charge is -1.95. The summed E-state index contributed by atoms with van der Waals surface area (Å²) in [5.41, 5.74) is 7.77. The average molecular weight is 147 g/mol. The van der Waals surface area contributed by atoms with Gasteiger partial charge in [0, 0.05) is 5.70 Å². The molecule has 0 saturated carbocycles. The number of benzene rings is 1. The van der Waals surface area contributed by atoms with Gasteiger partial charge in [0.2, 0.25) is 0 Å². The molecule has 0 radical (unpaired) electrons. The first-order valence-electron chi connectivity index (χ1n) is 3.84. The third-order valence-electron chi connectivity index (χ3n) is 1.56. The molecule has 1 nitrogen and oxygen atoms in total. The van der Waals surface area contributed by atoms with Crippen LogP contribution in [-0.4, -0.2) is 0 Å². The summed E-state index contributed by atoms with van der Waals surface area (Å²) in [5, 5.41) is 0. The first-order valence-corrected chi connectivity index (χ1v) is 3.84. The van der Waals surface area contributed by atoms with Crippen molar-refractivity contribution in [1.29, 1.82) is 0 Å². The SMILES string of the molecule is CC/C(N)=C\c1ccccc1. The number of rotatable bonds is 2. The van der Waals surface area contributed by atoms with E-state index in [9.17, 15) is 0 Å². The van der Waals surface area contributed by atoms with Crippen molar-refractivity contribution >= 4 is 6.08 Å². The van der Waals surface area contributed by atoms with Crippen LogP contribution >= 0.6 is 0 Å². The second kappa shape index (κ2) is 3.81. The maximum absolute atomic E-state index is 5.67. The lowest BCUT2D eigenvalue weighted by molar-refractivity contribution is 1.08. The largest absolute Gasteiger partial charge is 0.402 e. The van der Waals surface area contributed by atoms with Gasteiger partial charge in [0.05, 0.1) is 0 Å². The molecule has 1 rings (SSSR count). The highest BCUT2D eigenvalue weighted by Gasteiger charge is 1.86. The third kappa shape index (κ3) is 2.46. The highest BCUT2D eigenvalue weighted by atomic mass is 14.6. The van der Waals surface area contributed by atoms with E-state index in [1.807, 2.05) is 36.4 Å². The Bertz CT molecular complexity index is 236. The Morgan fingerprint density at radius 2 is 2.00 bits per heavy atom. The molecule has 2 N–H and O–H groups in total. The van der Waals surface area contributed by atoms with Crippen LogP contribution in [0.25, 0.3) is 6.08 Å². The Morgan fingerprint density at radius 3 is 2.55 bits per heavy atom. The molecule has 11 heavy (non-hydrogen) atoms. The van der Waals surface area contributed by atoms with Crippen LogP contribution in [0.1, 0.15) is 18.9 Å². The highest BCUT2D eigenvalue weighted by molar-refractivity contribution is 5.51. The second-order valence-corrected chi connectivity index (χ2v) is 2.48. The van der Waals surface area contributed by atoms with Crippen molar-refractivity contribution in [3.8, 4) is 0 Å². The summed E-state index contributed by atoms with van der Waals surface area (Å²) in [6.07, 6.45) is 2.91. The number of allylic oxidation sites excluding steroid dienone is 1. The Balaban J connectivity index is 2.79. The summed E-state index contributed by atoms with van der Waals surface area (Å²) in [6.45, 7) is 2.05. The van der Waals surface area contributed by atoms with Gasteiger partial charge in [0.1, 0.15) is 0 Å². The predicted molar refractivity (Wildman–Crippen MR) is 48.9 cm³/mol. The number of hydrogen-bond acceptors (Lipinski definition) is 1. The van der Waals surface area contributed by atoms with Crippen LogP contribution in [0.2, 0.25) is 0 Å². The molecule has 0 unspecified atom stereocenters. The van der Waals surface area contributed by atoms with Crippen LogP contribution in [-0.2, 0) is 0 Å². The van der Waals surface area contributed by atoms with Gasteiger partial charge in [-0.05, 0) is 18.1 Å². The van der Waals surface area contributed by atoms with E-state index in [1.165, 1.54) is 5.56 Å². The molecule has 0 saturated heterocycles. The number of nitrogens with two attached hydrogens (primary N) is 1. The molecule has 1 heteroatoms. The fourth-order valence-electron chi connectivity index (χ4n) is 0.865. The summed E-state index contributed by atoms with van der Waals surface area (Å²) in [6, 6.07) is 10.1. The minimum atomic E-state index is 0.912. The fourth-order valence-corrected chi connectivity index (χ4v) is 0.865. The Morgan fingerprint density at radius 1 is 1.36 bits per heavy atom. The lowest BCUT2D eigenvalue weighted by Crippen LogP contribution is -1.93. The summed E-state index contributed by atoms with van der Waals surface area (Å²) >= 11 is 0. The van der Waals surface area contributed by atoms with Gasteiger partial charge in [-0.25, -0.2) is 0 Å². The van der Waals surface area contributed by atoms with E-state index in [0.717, 1.165) is 12.1 Å². The molecule has 58 valence electrons. The van der Waals surface area contributed by atoms with Gasteiger partial charge in [-0.3, -0.25) is 0 Å². The van der Waals surface area contributed by atoms with Crippen LogP contribution in [0.3, 0.4) is 0 Å². The van der Waals surface area contributed by atoms with Crippen LogP contribution < -0.4 is 5.73 Å². The van der Waals surface area contributed by atoms with Gasteiger partial charge in [-0.2, -0.15) is 0 Å². The topological polar surface area (TPSA) is 26.0 Å². The zero-order valence-electron chi connectivity index (χ0n) is 6.75. The molecule has 0 bridgehead atoms. The summed E-state index contributed by atoms with van der Waals surface area (Å²) in [5.74, 6) is 0. The van der Waals surface area contributed by atoms with Gasteiger partial charge < -0.3 is 5.73 Å². The Kier molecular flexibility index (Phi) is 2.73. The van der Waals surface area contributed by atoms with Crippen LogP contribution in [0, 0.1) is 0 Å². The zero-order chi connectivity index (χ0) is 8.10. The molecule has 0 heterocycles. The quantitative estimate of drug-likeness (QED) is 0.683. The van der Waals surface area contributed by atoms with Gasteiger partial charge in [0.25, 0.3) is 0 Å². The van der Waals surface area contributed by atoms with Crippen LogP contribution in [0.5, 0.6) is 0 Å². The molecule has 0 aliphatic rings. The molecule has 0 aromatic heterocycles. The van der Waals surface area contributed by atoms with Crippen molar-refractivity contribution in [2.24, 2.45) is 5.73 Å². The van der Waals surface area contributed by atoms with E-state index in [4.69, 9.17) is 5.73 Å². The van der Waals surface area contributed by atoms with Crippen molar-refractivity contribution in [2.45, 2.75) is 13.3 Å². The molecule has 0 fully saturated rings. The standard InChI is InChI=1S/C10H13N/c1-2-10(11)8-9-6-4-3-5-7-9/h3-8H,2,11H2,1H3/b10-8+. The van der Waals surface area contributed by atoms with Gasteiger partial charge in [0.15, 0.2) is 0 Å². The van der Waals surface area contributed by atoms with Crippen molar-refractivity contribution in [2.75, 3.05) is 0 Å². The van der Waals surface area contributed by atoms with Crippen molar-refractivity contribution in [3.63, 3.8) is 0 Å². The molecule has 0 aliphatic heterocycles. The summed E-state index contributed by atoms with van der Waals surface area (Å²) in [4.78, 5) is 0. The third-order valence-corrected chi connectivity index (χ3v) is 1.56. The maximum atomic E-state index is 5.67. The van der Waals surface area contributed by atoms with Crippen molar-refractivity contribution in [3.05, 3.63) is 41.6 Å². The smallest absolute Gasteiger partial charge is 0.00836 e. The minimum Gasteiger partial charge on any atom is -0.402 e. The van der Waals surface area contributed by atoms with E-state index >= 15 is 0 Å². The van der Waals surface area contributed by atoms with E-state index in [2.05, 4.69) is 6.92 Å². The lowest BCUT2D eigenvalue weighted by atomic mass is 10.2. The first kappa shape index (κ1) is 7.86. The fraction of sp³-hybridized carbons (Fsp3) is 0.200. The molecule has 0 amide bonds. The Labute approximate surface area is 67.5 Å². The Hall–Kier alpha value is -1.24. The van der Waals surface area contributed by atoms with Crippen molar-refractivity contribution < 1.29 is 0 Å². The van der Waals surface area contributed by atoms with Crippen LogP contribution in [0.4, 0.5) is 0 Å². The molecular weight excluding hydrogens is 134 g/mol. The van der Waals surface area contributed by atoms with Gasteiger partial charge in [-0.1, -0.05) is 37.3 Å². The average Bonchev–Trinajstić information content (AvgIpc) is 2.06. The molecule has 0 aliphatic carbocycles. The summed E-state index contributed by atoms with van der Waals surface area (Å²) < 4.78 is 0. The van der Waals surface area contributed by atoms with Gasteiger partial charge in [-0.15, -0.1) is 0 Å². The minimum absolute atomic E-state index is 0.912. The molecule has 1 aromatic rings. The summed E-state index contributed by atoms with van der Waals surface area (Å²) in [7, 11) is 0. The molecule has 1 aromatic carbocycles. The monoisotopic (exact) mass is 147 g/mol. The maximum Gasteiger partial charge on any atom is 0.00836 e. The predicted octanol–water partition coefficient (Wildman–Crippen LogP) is 2.40. The molecular formula is C10H13N.